The van der Waals surface area contributed by atoms with Crippen LogP contribution in [0, 0.1) is 17.0 Å². The molecule has 0 heterocycles. The fourth-order valence-electron chi connectivity index (χ4n) is 2.67. The molecule has 1 aliphatic rings. The van der Waals surface area contributed by atoms with Gasteiger partial charge in [-0.3, -0.25) is 10.1 Å². The van der Waals surface area contributed by atoms with E-state index in [1.807, 2.05) is 18.7 Å². The number of hydrogen-bond donors (Lipinski definition) is 1. The summed E-state index contributed by atoms with van der Waals surface area (Å²) in [5.41, 5.74) is 1.75. The van der Waals surface area contributed by atoms with Crippen molar-refractivity contribution < 1.29 is 4.92 Å². The van der Waals surface area contributed by atoms with Crippen LogP contribution in [0.25, 0.3) is 0 Å². The zero-order chi connectivity index (χ0) is 14.7. The molecule has 1 N–H and O–H groups in total. The highest BCUT2D eigenvalue weighted by atomic mass is 35.5. The predicted molar refractivity (Wildman–Crippen MR) is 86.0 cm³/mol. The average molecular weight is 315 g/mol. The van der Waals surface area contributed by atoms with Gasteiger partial charge in [-0.15, -0.1) is 0 Å². The minimum Gasteiger partial charge on any atom is -0.382 e. The second-order valence-electron chi connectivity index (χ2n) is 5.24. The number of nitro benzene ring substituents is 1. The summed E-state index contributed by atoms with van der Waals surface area (Å²) in [4.78, 5) is 10.4. The van der Waals surface area contributed by atoms with E-state index in [1.165, 1.54) is 12.8 Å². The zero-order valence-corrected chi connectivity index (χ0v) is 13.3. The molecule has 1 fully saturated rings. The van der Waals surface area contributed by atoms with Crippen LogP contribution >= 0.6 is 23.4 Å². The topological polar surface area (TPSA) is 55.2 Å². The Morgan fingerprint density at radius 2 is 2.20 bits per heavy atom. The Hall–Kier alpha value is -0.940. The molecular formula is C14H19ClN2O2S. The van der Waals surface area contributed by atoms with Gasteiger partial charge in [0.1, 0.15) is 5.02 Å². The number of benzene rings is 1. The first-order chi connectivity index (χ1) is 9.51. The lowest BCUT2D eigenvalue weighted by molar-refractivity contribution is -0.384. The van der Waals surface area contributed by atoms with Crippen LogP contribution in [0.4, 0.5) is 11.4 Å². The normalized spacial score (nSPS) is 22.6. The molecule has 2 unspecified atom stereocenters. The number of nitrogens with zero attached hydrogens (tertiary/aromatic N) is 1. The quantitative estimate of drug-likeness (QED) is 0.649. The zero-order valence-electron chi connectivity index (χ0n) is 11.7. The second kappa shape index (κ2) is 6.68. The highest BCUT2D eigenvalue weighted by Crippen LogP contribution is 2.33. The third kappa shape index (κ3) is 3.58. The van der Waals surface area contributed by atoms with E-state index in [0.29, 0.717) is 11.3 Å². The Kier molecular flexibility index (Phi) is 5.16. The van der Waals surface area contributed by atoms with Gasteiger partial charge in [-0.25, -0.2) is 0 Å². The molecule has 0 saturated heterocycles. The summed E-state index contributed by atoms with van der Waals surface area (Å²) in [7, 11) is 0. The molecule has 0 aliphatic heterocycles. The van der Waals surface area contributed by atoms with E-state index in [1.54, 1.807) is 12.1 Å². The number of nitrogens with one attached hydrogen (secondary N) is 1. The molecule has 0 radical (unpaired) electrons. The fraction of sp³-hybridized carbons (Fsp3) is 0.571. The first kappa shape index (κ1) is 15.4. The molecule has 1 aromatic rings. The van der Waals surface area contributed by atoms with Crippen LogP contribution in [0.2, 0.25) is 5.02 Å². The maximum absolute atomic E-state index is 10.9. The molecule has 0 bridgehead atoms. The average Bonchev–Trinajstić information content (AvgIpc) is 2.42. The summed E-state index contributed by atoms with van der Waals surface area (Å²) in [6.45, 7) is 1.88. The van der Waals surface area contributed by atoms with Crippen molar-refractivity contribution in [2.45, 2.75) is 43.9 Å². The Labute approximate surface area is 128 Å². The molecule has 0 spiro atoms. The Morgan fingerprint density at radius 3 is 2.85 bits per heavy atom. The van der Waals surface area contributed by atoms with Crippen molar-refractivity contribution in [3.8, 4) is 0 Å². The smallest absolute Gasteiger partial charge is 0.288 e. The predicted octanol–water partition coefficient (Wildman–Crippen LogP) is 4.64. The van der Waals surface area contributed by atoms with Crippen molar-refractivity contribution in [2.75, 3.05) is 11.6 Å². The van der Waals surface area contributed by atoms with Gasteiger partial charge in [0.15, 0.2) is 0 Å². The van der Waals surface area contributed by atoms with Crippen molar-refractivity contribution in [1.29, 1.82) is 0 Å². The largest absolute Gasteiger partial charge is 0.382 e. The molecule has 1 aliphatic carbocycles. The summed E-state index contributed by atoms with van der Waals surface area (Å²) < 4.78 is 0. The minimum atomic E-state index is -0.441. The lowest BCUT2D eigenvalue weighted by Crippen LogP contribution is -2.28. The van der Waals surface area contributed by atoms with Gasteiger partial charge in [0, 0.05) is 23.0 Å². The summed E-state index contributed by atoms with van der Waals surface area (Å²) in [6, 6.07) is 3.65. The van der Waals surface area contributed by atoms with Crippen LogP contribution < -0.4 is 5.32 Å². The maximum Gasteiger partial charge on any atom is 0.288 e. The van der Waals surface area contributed by atoms with E-state index >= 15 is 0 Å². The van der Waals surface area contributed by atoms with Gasteiger partial charge < -0.3 is 5.32 Å². The Balaban J connectivity index is 2.13. The van der Waals surface area contributed by atoms with E-state index in [4.69, 9.17) is 11.6 Å². The number of rotatable bonds is 4. The maximum atomic E-state index is 10.9. The van der Waals surface area contributed by atoms with Gasteiger partial charge in [-0.2, -0.15) is 11.8 Å². The molecule has 4 nitrogen and oxygen atoms in total. The fourth-order valence-corrected chi connectivity index (χ4v) is 3.73. The highest BCUT2D eigenvalue weighted by Gasteiger charge is 2.22. The molecule has 0 aromatic heterocycles. The van der Waals surface area contributed by atoms with Crippen molar-refractivity contribution in [3.63, 3.8) is 0 Å². The molecule has 2 atom stereocenters. The number of hydrogen-bond acceptors (Lipinski definition) is 4. The molecule has 1 saturated carbocycles. The van der Waals surface area contributed by atoms with E-state index in [0.717, 1.165) is 24.1 Å². The lowest BCUT2D eigenvalue weighted by atomic mass is 9.94. The van der Waals surface area contributed by atoms with Crippen LogP contribution in [0.3, 0.4) is 0 Å². The highest BCUT2D eigenvalue weighted by molar-refractivity contribution is 7.99. The first-order valence-electron chi connectivity index (χ1n) is 6.75. The minimum absolute atomic E-state index is 0.0275. The van der Waals surface area contributed by atoms with Crippen LogP contribution in [-0.4, -0.2) is 22.5 Å². The second-order valence-corrected chi connectivity index (χ2v) is 6.79. The van der Waals surface area contributed by atoms with Gasteiger partial charge in [-0.05, 0) is 44.1 Å². The van der Waals surface area contributed by atoms with Gasteiger partial charge in [0.25, 0.3) is 5.69 Å². The molecule has 1 aromatic carbocycles. The summed E-state index contributed by atoms with van der Waals surface area (Å²) >= 11 is 7.90. The standard InChI is InChI=1S/C14H19ClN2O2S/c1-9-6-14(17(18)19)12(15)8-13(9)16-10-4-3-5-11(7-10)20-2/h6,8,10-11,16H,3-5,7H2,1-2H3. The SMILES string of the molecule is CSC1CCCC(Nc2cc(Cl)c([N+](=O)[O-])cc2C)C1. The van der Waals surface area contributed by atoms with E-state index in [9.17, 15) is 10.1 Å². The summed E-state index contributed by atoms with van der Waals surface area (Å²) in [6.07, 6.45) is 6.93. The van der Waals surface area contributed by atoms with Crippen molar-refractivity contribution in [1.82, 2.24) is 0 Å². The number of aryl methyl sites for hydroxylation is 1. The Morgan fingerprint density at radius 1 is 1.45 bits per heavy atom. The summed E-state index contributed by atoms with van der Waals surface area (Å²) in [5.74, 6) is 0. The van der Waals surface area contributed by atoms with E-state index < -0.39 is 4.92 Å². The van der Waals surface area contributed by atoms with Gasteiger partial charge in [0.2, 0.25) is 0 Å². The van der Waals surface area contributed by atoms with Crippen molar-refractivity contribution in [2.24, 2.45) is 0 Å². The lowest BCUT2D eigenvalue weighted by Gasteiger charge is -2.30. The first-order valence-corrected chi connectivity index (χ1v) is 8.41. The number of halogens is 1. The summed E-state index contributed by atoms with van der Waals surface area (Å²) in [5, 5.41) is 15.3. The van der Waals surface area contributed by atoms with Crippen LogP contribution in [0.1, 0.15) is 31.2 Å². The van der Waals surface area contributed by atoms with Gasteiger partial charge in [0.05, 0.1) is 4.92 Å². The van der Waals surface area contributed by atoms with E-state index in [-0.39, 0.29) is 10.7 Å². The number of nitro groups is 1. The third-order valence-electron chi connectivity index (χ3n) is 3.81. The third-order valence-corrected chi connectivity index (χ3v) is 5.21. The monoisotopic (exact) mass is 314 g/mol. The van der Waals surface area contributed by atoms with Gasteiger partial charge in [-0.1, -0.05) is 18.0 Å². The van der Waals surface area contributed by atoms with E-state index in [2.05, 4.69) is 11.6 Å². The van der Waals surface area contributed by atoms with Gasteiger partial charge >= 0.3 is 0 Å². The number of thioether (sulfide) groups is 1. The Bertz CT molecular complexity index is 510. The molecule has 6 heteroatoms. The number of anilines is 1. The van der Waals surface area contributed by atoms with Crippen LogP contribution in [0.15, 0.2) is 12.1 Å². The molecule has 2 rings (SSSR count). The molecule has 20 heavy (non-hydrogen) atoms. The van der Waals surface area contributed by atoms with Crippen molar-refractivity contribution >= 4 is 34.7 Å². The molecular weight excluding hydrogens is 296 g/mol. The molecule has 110 valence electrons. The van der Waals surface area contributed by atoms with Crippen LogP contribution in [0.5, 0.6) is 0 Å². The molecule has 0 amide bonds. The van der Waals surface area contributed by atoms with Crippen molar-refractivity contribution in [3.05, 3.63) is 32.8 Å². The van der Waals surface area contributed by atoms with Crippen LogP contribution in [-0.2, 0) is 0 Å².